The molecule has 2 aromatic rings. The molecule has 4 nitrogen and oxygen atoms in total. The first-order chi connectivity index (χ1) is 13.5. The fourth-order valence-electron chi connectivity index (χ4n) is 4.02. The maximum atomic E-state index is 13.8. The van der Waals surface area contributed by atoms with E-state index in [4.69, 9.17) is 16.3 Å². The Labute approximate surface area is 177 Å². The summed E-state index contributed by atoms with van der Waals surface area (Å²) in [5.41, 5.74) is 0.548. The van der Waals surface area contributed by atoms with E-state index in [1.807, 2.05) is 83.1 Å². The van der Waals surface area contributed by atoms with E-state index < -0.39 is 29.1 Å². The topological polar surface area (TPSA) is 46.6 Å². The van der Waals surface area contributed by atoms with E-state index in [2.05, 4.69) is 0 Å². The molecule has 0 unspecified atom stereocenters. The highest BCUT2D eigenvalue weighted by molar-refractivity contribution is 6.31. The van der Waals surface area contributed by atoms with Crippen LogP contribution in [0.5, 0.6) is 0 Å². The van der Waals surface area contributed by atoms with E-state index in [0.29, 0.717) is 11.4 Å². The Morgan fingerprint density at radius 2 is 1.69 bits per heavy atom. The van der Waals surface area contributed by atoms with Crippen LogP contribution in [0, 0.1) is 5.41 Å². The van der Waals surface area contributed by atoms with Crippen molar-refractivity contribution in [3.05, 3.63) is 70.7 Å². The van der Waals surface area contributed by atoms with Crippen LogP contribution in [0.4, 0.5) is 4.79 Å². The molecule has 1 aliphatic heterocycles. The summed E-state index contributed by atoms with van der Waals surface area (Å²) in [5.74, 6) is -0.849. The van der Waals surface area contributed by atoms with Gasteiger partial charge in [-0.3, -0.25) is 4.79 Å². The van der Waals surface area contributed by atoms with Crippen LogP contribution in [0.25, 0.3) is 0 Å². The van der Waals surface area contributed by atoms with Crippen LogP contribution in [0.2, 0.25) is 5.02 Å². The van der Waals surface area contributed by atoms with Crippen LogP contribution < -0.4 is 0 Å². The van der Waals surface area contributed by atoms with Crippen molar-refractivity contribution >= 4 is 23.6 Å². The Kier molecular flexibility index (Phi) is 5.77. The molecule has 29 heavy (non-hydrogen) atoms. The third-order valence-electron chi connectivity index (χ3n) is 5.50. The Bertz CT molecular complexity index is 902. The minimum absolute atomic E-state index is 0.276. The number of nitrogens with zero attached hydrogens (tertiary/aromatic N) is 1. The smallest absolute Gasteiger partial charge is 0.417 e. The summed E-state index contributed by atoms with van der Waals surface area (Å²) in [7, 11) is 0. The van der Waals surface area contributed by atoms with Crippen molar-refractivity contribution < 1.29 is 14.3 Å². The lowest BCUT2D eigenvalue weighted by Crippen LogP contribution is -2.49. The molecule has 0 radical (unpaired) electrons. The number of rotatable bonds is 4. The SMILES string of the molecule is CC(C)(C)[C@H](C(=O)N1C(=O)OC(C)(C)[C@@H]1Cc1ccccc1)c1ccccc1Cl. The zero-order valence-electron chi connectivity index (χ0n) is 17.6. The number of carbonyl (C=O) groups excluding carboxylic acids is 2. The molecule has 0 aliphatic carbocycles. The van der Waals surface area contributed by atoms with Gasteiger partial charge in [-0.2, -0.15) is 0 Å². The van der Waals surface area contributed by atoms with Gasteiger partial charge in [-0.15, -0.1) is 0 Å². The molecule has 5 heteroatoms. The lowest BCUT2D eigenvalue weighted by atomic mass is 9.75. The number of imide groups is 1. The molecule has 0 saturated carbocycles. The molecule has 1 heterocycles. The number of cyclic esters (lactones) is 1. The third-order valence-corrected chi connectivity index (χ3v) is 5.84. The van der Waals surface area contributed by atoms with Gasteiger partial charge in [-0.05, 0) is 42.9 Å². The molecule has 0 N–H and O–H groups in total. The van der Waals surface area contributed by atoms with Crippen LogP contribution in [0.15, 0.2) is 54.6 Å². The molecule has 2 atom stereocenters. The molecular weight excluding hydrogens is 386 g/mol. The second-order valence-electron chi connectivity index (χ2n) is 9.21. The number of benzene rings is 2. The normalized spacial score (nSPS) is 19.7. The number of ether oxygens (including phenoxy) is 1. The van der Waals surface area contributed by atoms with Crippen LogP contribution in [-0.4, -0.2) is 28.5 Å². The Morgan fingerprint density at radius 1 is 1.10 bits per heavy atom. The fourth-order valence-corrected chi connectivity index (χ4v) is 4.26. The Hall–Kier alpha value is -2.33. The molecule has 154 valence electrons. The number of hydrogen-bond donors (Lipinski definition) is 0. The molecule has 2 amide bonds. The van der Waals surface area contributed by atoms with E-state index >= 15 is 0 Å². The average Bonchev–Trinajstić information content (AvgIpc) is 2.85. The van der Waals surface area contributed by atoms with E-state index in [1.54, 1.807) is 6.07 Å². The zero-order chi connectivity index (χ0) is 21.4. The van der Waals surface area contributed by atoms with Gasteiger partial charge < -0.3 is 4.74 Å². The van der Waals surface area contributed by atoms with E-state index in [1.165, 1.54) is 4.90 Å². The lowest BCUT2D eigenvalue weighted by Gasteiger charge is -2.35. The van der Waals surface area contributed by atoms with Crippen molar-refractivity contribution in [3.8, 4) is 0 Å². The van der Waals surface area contributed by atoms with E-state index in [-0.39, 0.29) is 5.91 Å². The molecular formula is C24H28ClNO3. The maximum Gasteiger partial charge on any atom is 0.417 e. The van der Waals surface area contributed by atoms with Gasteiger partial charge in [0.05, 0.1) is 12.0 Å². The molecule has 1 saturated heterocycles. The summed E-state index contributed by atoms with van der Waals surface area (Å²) in [4.78, 5) is 28.0. The molecule has 0 aromatic heterocycles. The average molecular weight is 414 g/mol. The summed E-state index contributed by atoms with van der Waals surface area (Å²) in [6, 6.07) is 16.8. The minimum Gasteiger partial charge on any atom is -0.441 e. The summed E-state index contributed by atoms with van der Waals surface area (Å²) in [5, 5.41) is 0.521. The van der Waals surface area contributed by atoms with Crippen molar-refractivity contribution in [2.45, 2.75) is 58.6 Å². The standard InChI is InChI=1S/C24H28ClNO3/c1-23(2,3)20(17-13-9-10-14-18(17)25)21(27)26-19(24(4,5)29-22(26)28)15-16-11-7-6-8-12-16/h6-14,19-20H,15H2,1-5H3/t19-,20-/m0/s1. The van der Waals surface area contributed by atoms with Crippen molar-refractivity contribution in [2.75, 3.05) is 0 Å². The Morgan fingerprint density at radius 3 is 2.28 bits per heavy atom. The van der Waals surface area contributed by atoms with Gasteiger partial charge in [0.15, 0.2) is 0 Å². The molecule has 2 aromatic carbocycles. The number of halogens is 1. The molecule has 3 rings (SSSR count). The largest absolute Gasteiger partial charge is 0.441 e. The van der Waals surface area contributed by atoms with Crippen molar-refractivity contribution in [1.82, 2.24) is 4.90 Å². The summed E-state index contributed by atoms with van der Waals surface area (Å²) >= 11 is 6.45. The predicted octanol–water partition coefficient (Wildman–Crippen LogP) is 5.84. The second-order valence-corrected chi connectivity index (χ2v) is 9.61. The van der Waals surface area contributed by atoms with Gasteiger partial charge in [0, 0.05) is 5.02 Å². The van der Waals surface area contributed by atoms with Gasteiger partial charge in [-0.1, -0.05) is 80.9 Å². The van der Waals surface area contributed by atoms with Crippen LogP contribution in [0.3, 0.4) is 0 Å². The number of amides is 2. The second kappa shape index (κ2) is 7.83. The number of hydrogen-bond acceptors (Lipinski definition) is 3. The Balaban J connectivity index is 2.03. The van der Waals surface area contributed by atoms with Crippen LogP contribution in [-0.2, 0) is 16.0 Å². The predicted molar refractivity (Wildman–Crippen MR) is 115 cm³/mol. The highest BCUT2D eigenvalue weighted by atomic mass is 35.5. The highest BCUT2D eigenvalue weighted by Crippen LogP contribution is 2.42. The van der Waals surface area contributed by atoms with Crippen molar-refractivity contribution in [2.24, 2.45) is 5.41 Å². The van der Waals surface area contributed by atoms with Crippen LogP contribution in [0.1, 0.15) is 51.7 Å². The van der Waals surface area contributed by atoms with Gasteiger partial charge in [-0.25, -0.2) is 9.69 Å². The molecule has 0 bridgehead atoms. The highest BCUT2D eigenvalue weighted by Gasteiger charge is 2.53. The van der Waals surface area contributed by atoms with Crippen molar-refractivity contribution in [1.29, 1.82) is 0 Å². The molecule has 0 spiro atoms. The monoisotopic (exact) mass is 413 g/mol. The summed E-state index contributed by atoms with van der Waals surface area (Å²) < 4.78 is 5.63. The zero-order valence-corrected chi connectivity index (χ0v) is 18.4. The fraction of sp³-hybridized carbons (Fsp3) is 0.417. The van der Waals surface area contributed by atoms with Gasteiger partial charge in [0.2, 0.25) is 5.91 Å². The maximum absolute atomic E-state index is 13.8. The molecule has 1 fully saturated rings. The first-order valence-electron chi connectivity index (χ1n) is 9.87. The molecule has 1 aliphatic rings. The summed E-state index contributed by atoms with van der Waals surface area (Å²) in [6.45, 7) is 9.66. The first-order valence-corrected chi connectivity index (χ1v) is 10.2. The van der Waals surface area contributed by atoms with Crippen LogP contribution >= 0.6 is 11.6 Å². The van der Waals surface area contributed by atoms with Gasteiger partial charge in [0.1, 0.15) is 5.60 Å². The van der Waals surface area contributed by atoms with Gasteiger partial charge >= 0.3 is 6.09 Å². The lowest BCUT2D eigenvalue weighted by molar-refractivity contribution is -0.133. The first kappa shape index (κ1) is 21.4. The number of carbonyl (C=O) groups is 2. The third kappa shape index (κ3) is 4.32. The van der Waals surface area contributed by atoms with Gasteiger partial charge in [0.25, 0.3) is 0 Å². The quantitative estimate of drug-likeness (QED) is 0.632. The summed E-state index contributed by atoms with van der Waals surface area (Å²) in [6.07, 6.45) is -0.0627. The van der Waals surface area contributed by atoms with E-state index in [0.717, 1.165) is 11.1 Å². The van der Waals surface area contributed by atoms with Crippen molar-refractivity contribution in [3.63, 3.8) is 0 Å². The minimum atomic E-state index is -0.786. The van der Waals surface area contributed by atoms with E-state index in [9.17, 15) is 9.59 Å².